The van der Waals surface area contributed by atoms with Gasteiger partial charge in [0.1, 0.15) is 12.4 Å². The molecule has 1 N–H and O–H groups in total. The third-order valence-corrected chi connectivity index (χ3v) is 4.63. The Morgan fingerprint density at radius 2 is 1.96 bits per heavy atom. The average molecular weight is 400 g/mol. The number of thioether (sulfide) groups is 1. The molecule has 0 bridgehead atoms. The van der Waals surface area contributed by atoms with Crippen molar-refractivity contribution in [1.29, 1.82) is 0 Å². The number of carbonyl (C=O) groups is 1. The average Bonchev–Trinajstić information content (AvgIpc) is 2.93. The van der Waals surface area contributed by atoms with Crippen LogP contribution >= 0.6 is 11.8 Å². The Morgan fingerprint density at radius 3 is 2.59 bits per heavy atom. The Morgan fingerprint density at radius 1 is 1.26 bits per heavy atom. The zero-order valence-electron chi connectivity index (χ0n) is 15.2. The Balaban J connectivity index is 0.00000126. The zero-order chi connectivity index (χ0) is 20.2. The Labute approximate surface area is 159 Å². The highest BCUT2D eigenvalue weighted by molar-refractivity contribution is 8.06. The van der Waals surface area contributed by atoms with Gasteiger partial charge in [-0.2, -0.15) is 13.2 Å². The van der Waals surface area contributed by atoms with Crippen LogP contribution in [0.1, 0.15) is 37.6 Å². The predicted molar refractivity (Wildman–Crippen MR) is 101 cm³/mol. The summed E-state index contributed by atoms with van der Waals surface area (Å²) >= 11 is 1.38. The maximum absolute atomic E-state index is 13.5. The van der Waals surface area contributed by atoms with Crippen LogP contribution < -0.4 is 5.32 Å². The number of alkyl halides is 3. The molecular formula is C19H20F4N2OS. The SMILES string of the molecule is CC.CC1=CCC=C(NC(=O)c2cn(CC(F)(F)F)c3cc(F)ccc23)S1. The number of fused-ring (bicyclic) bond motifs is 1. The van der Waals surface area contributed by atoms with Crippen LogP contribution in [0, 0.1) is 5.82 Å². The number of nitrogens with zero attached hydrogens (tertiary/aromatic N) is 1. The van der Waals surface area contributed by atoms with Gasteiger partial charge >= 0.3 is 6.18 Å². The van der Waals surface area contributed by atoms with Crippen molar-refractivity contribution in [2.45, 2.75) is 39.9 Å². The molecule has 8 heteroatoms. The molecule has 3 rings (SSSR count). The Bertz CT molecular complexity index is 897. The van der Waals surface area contributed by atoms with Gasteiger partial charge < -0.3 is 9.88 Å². The number of carbonyl (C=O) groups excluding carboxylic acids is 1. The summed E-state index contributed by atoms with van der Waals surface area (Å²) in [4.78, 5) is 13.6. The summed E-state index contributed by atoms with van der Waals surface area (Å²) in [5.41, 5.74) is 0.108. The molecule has 2 aromatic rings. The minimum Gasteiger partial charge on any atom is -0.337 e. The van der Waals surface area contributed by atoms with E-state index in [1.807, 2.05) is 32.9 Å². The Kier molecular flexibility index (Phi) is 6.75. The first-order chi connectivity index (χ1) is 12.7. The molecule has 0 spiro atoms. The second-order valence-corrected chi connectivity index (χ2v) is 6.91. The van der Waals surface area contributed by atoms with Gasteiger partial charge in [-0.3, -0.25) is 4.79 Å². The fourth-order valence-electron chi connectivity index (χ4n) is 2.61. The van der Waals surface area contributed by atoms with E-state index in [1.54, 1.807) is 0 Å². The first-order valence-electron chi connectivity index (χ1n) is 8.44. The number of benzene rings is 1. The quantitative estimate of drug-likeness (QED) is 0.643. The molecule has 0 fully saturated rings. The summed E-state index contributed by atoms with van der Waals surface area (Å²) in [7, 11) is 0. The summed E-state index contributed by atoms with van der Waals surface area (Å²) in [5.74, 6) is -1.18. The lowest BCUT2D eigenvalue weighted by atomic mass is 10.1. The molecule has 1 aliphatic rings. The summed E-state index contributed by atoms with van der Waals surface area (Å²) in [5, 5.41) is 3.61. The van der Waals surface area contributed by atoms with Gasteiger partial charge in [0.2, 0.25) is 0 Å². The second-order valence-electron chi connectivity index (χ2n) is 5.62. The molecule has 0 radical (unpaired) electrons. The maximum atomic E-state index is 13.5. The van der Waals surface area contributed by atoms with Gasteiger partial charge in [0.05, 0.1) is 16.1 Å². The fourth-order valence-corrected chi connectivity index (χ4v) is 3.46. The van der Waals surface area contributed by atoms with Crippen LogP contribution in [0.2, 0.25) is 0 Å². The van der Waals surface area contributed by atoms with Gasteiger partial charge in [-0.05, 0) is 42.5 Å². The fraction of sp³-hybridized carbons (Fsp3) is 0.316. The van der Waals surface area contributed by atoms with Crippen LogP contribution in [0.4, 0.5) is 17.6 Å². The number of nitrogens with one attached hydrogen (secondary N) is 1. The summed E-state index contributed by atoms with van der Waals surface area (Å²) in [6.07, 6.45) is 1.14. The lowest BCUT2D eigenvalue weighted by Gasteiger charge is -2.12. The van der Waals surface area contributed by atoms with E-state index in [0.29, 0.717) is 11.4 Å². The summed E-state index contributed by atoms with van der Waals surface area (Å²) < 4.78 is 52.6. The largest absolute Gasteiger partial charge is 0.406 e. The second kappa shape index (κ2) is 8.65. The number of aromatic nitrogens is 1. The van der Waals surface area contributed by atoms with Crippen LogP contribution in [0.5, 0.6) is 0 Å². The number of allylic oxidation sites excluding steroid dienone is 3. The minimum atomic E-state index is -4.48. The van der Waals surface area contributed by atoms with Gasteiger partial charge in [-0.15, -0.1) is 0 Å². The van der Waals surface area contributed by atoms with Gasteiger partial charge in [0.25, 0.3) is 5.91 Å². The minimum absolute atomic E-state index is 0.0313. The first-order valence-corrected chi connectivity index (χ1v) is 9.26. The van der Waals surface area contributed by atoms with E-state index < -0.39 is 24.4 Å². The monoisotopic (exact) mass is 400 g/mol. The van der Waals surface area contributed by atoms with Crippen molar-refractivity contribution in [3.8, 4) is 0 Å². The number of halogens is 4. The molecular weight excluding hydrogens is 380 g/mol. The summed E-state index contributed by atoms with van der Waals surface area (Å²) in [6, 6.07) is 3.44. The summed E-state index contributed by atoms with van der Waals surface area (Å²) in [6.45, 7) is 4.61. The number of hydrogen-bond donors (Lipinski definition) is 1. The third-order valence-electron chi connectivity index (χ3n) is 3.65. The normalized spacial score (nSPS) is 14.2. The van der Waals surface area contributed by atoms with E-state index in [-0.39, 0.29) is 16.5 Å². The molecule has 0 aliphatic carbocycles. The molecule has 0 saturated heterocycles. The molecule has 0 atom stereocenters. The molecule has 2 heterocycles. The van der Waals surface area contributed by atoms with Gasteiger partial charge in [0, 0.05) is 11.6 Å². The van der Waals surface area contributed by atoms with Gasteiger partial charge in [-0.1, -0.05) is 31.7 Å². The van der Waals surface area contributed by atoms with Crippen molar-refractivity contribution in [3.63, 3.8) is 0 Å². The van der Waals surface area contributed by atoms with Crippen molar-refractivity contribution in [2.75, 3.05) is 0 Å². The van der Waals surface area contributed by atoms with Crippen molar-refractivity contribution in [2.24, 2.45) is 0 Å². The van der Waals surface area contributed by atoms with E-state index in [2.05, 4.69) is 5.32 Å². The topological polar surface area (TPSA) is 34.0 Å². The molecule has 1 aromatic carbocycles. The van der Waals surface area contributed by atoms with Gasteiger partial charge in [-0.25, -0.2) is 4.39 Å². The van der Waals surface area contributed by atoms with Crippen molar-refractivity contribution < 1.29 is 22.4 Å². The van der Waals surface area contributed by atoms with Crippen LogP contribution in [0.25, 0.3) is 10.9 Å². The first kappa shape index (κ1) is 21.1. The molecule has 27 heavy (non-hydrogen) atoms. The molecule has 1 aliphatic heterocycles. The molecule has 146 valence electrons. The Hall–Kier alpha value is -2.22. The van der Waals surface area contributed by atoms with Crippen LogP contribution in [0.15, 0.2) is 46.5 Å². The highest BCUT2D eigenvalue weighted by Gasteiger charge is 2.29. The zero-order valence-corrected chi connectivity index (χ0v) is 16.0. The standard InChI is InChI=1S/C17H14F4N2OS.C2H6/c1-10-3-2-4-15(25-10)22-16(24)13-8-23(9-17(19,20)21)14-7-11(18)5-6-12(13)14;1-2/h3-8H,2,9H2,1H3,(H,22,24);1-2H3. The van der Waals surface area contributed by atoms with E-state index in [9.17, 15) is 22.4 Å². The van der Waals surface area contributed by atoms with E-state index >= 15 is 0 Å². The van der Waals surface area contributed by atoms with Gasteiger partial charge in [0.15, 0.2) is 0 Å². The predicted octanol–water partition coefficient (Wildman–Crippen LogP) is 5.98. The maximum Gasteiger partial charge on any atom is 0.406 e. The highest BCUT2D eigenvalue weighted by Crippen LogP contribution is 2.30. The van der Waals surface area contributed by atoms with E-state index in [1.165, 1.54) is 17.8 Å². The van der Waals surface area contributed by atoms with E-state index in [4.69, 9.17) is 0 Å². The number of hydrogen-bond acceptors (Lipinski definition) is 2. The number of rotatable bonds is 3. The molecule has 1 aromatic heterocycles. The number of amides is 1. The molecule has 1 amide bonds. The highest BCUT2D eigenvalue weighted by atomic mass is 32.2. The third kappa shape index (κ3) is 5.38. The lowest BCUT2D eigenvalue weighted by Crippen LogP contribution is -2.22. The van der Waals surface area contributed by atoms with Crippen molar-refractivity contribution in [1.82, 2.24) is 9.88 Å². The lowest BCUT2D eigenvalue weighted by molar-refractivity contribution is -0.139. The van der Waals surface area contributed by atoms with Crippen LogP contribution in [0.3, 0.4) is 0 Å². The molecule has 0 unspecified atom stereocenters. The smallest absolute Gasteiger partial charge is 0.337 e. The molecule has 0 saturated carbocycles. The van der Waals surface area contributed by atoms with Crippen molar-refractivity contribution >= 4 is 28.6 Å². The molecule has 3 nitrogen and oxygen atoms in total. The van der Waals surface area contributed by atoms with Crippen molar-refractivity contribution in [3.05, 3.63) is 57.9 Å². The van der Waals surface area contributed by atoms with Crippen LogP contribution in [-0.4, -0.2) is 16.7 Å². The van der Waals surface area contributed by atoms with E-state index in [0.717, 1.165) is 27.8 Å². The van der Waals surface area contributed by atoms with Crippen LogP contribution in [-0.2, 0) is 6.54 Å².